The first-order valence-electron chi connectivity index (χ1n) is 17.3. The number of carbonyl (C=O) groups excluding carboxylic acids is 2. The highest BCUT2D eigenvalue weighted by atomic mass is 19.4. The molecule has 1 aliphatic carbocycles. The fraction of sp³-hybridized carbons (Fsp3) is 0.541. The van der Waals surface area contributed by atoms with Gasteiger partial charge in [0.05, 0.1) is 24.7 Å². The van der Waals surface area contributed by atoms with Crippen molar-refractivity contribution < 1.29 is 53.8 Å². The van der Waals surface area contributed by atoms with Crippen molar-refractivity contribution in [2.75, 3.05) is 47.4 Å². The van der Waals surface area contributed by atoms with Gasteiger partial charge in [-0.05, 0) is 93.7 Å². The summed E-state index contributed by atoms with van der Waals surface area (Å²) in [4.78, 5) is 42.8. The van der Waals surface area contributed by atoms with Gasteiger partial charge in [0.1, 0.15) is 11.5 Å². The molecule has 0 spiro atoms. The second-order valence-corrected chi connectivity index (χ2v) is 14.4. The Kier molecular flexibility index (Phi) is 11.6. The van der Waals surface area contributed by atoms with Crippen LogP contribution < -0.4 is 10.9 Å². The number of alkyl halides is 9. The summed E-state index contributed by atoms with van der Waals surface area (Å²) in [5.74, 6) is -3.72. The number of rotatable bonds is 10. The number of hydrogen-bond donors (Lipinski definition) is 1. The average Bonchev–Trinajstić information content (AvgIpc) is 3.51. The summed E-state index contributed by atoms with van der Waals surface area (Å²) in [5, 5.41) is 2.01. The van der Waals surface area contributed by atoms with Gasteiger partial charge in [0.15, 0.2) is 0 Å². The monoisotopic (exact) mass is 776 g/mol. The number of ether oxygens (including phenoxy) is 1. The second kappa shape index (κ2) is 15.2. The Morgan fingerprint density at radius 3 is 2.26 bits per heavy atom. The number of halogens is 9. The molecule has 0 unspecified atom stereocenters. The number of nitrogens with one attached hydrogen (secondary N) is 1. The topological polar surface area (TPSA) is 83.9 Å². The number of nitrogens with zero attached hydrogens (tertiary/aromatic N) is 3. The molecule has 54 heavy (non-hydrogen) atoms. The number of hydrogen-bond acceptors (Lipinski definition) is 6. The lowest BCUT2D eigenvalue weighted by Crippen LogP contribution is -2.59. The van der Waals surface area contributed by atoms with Gasteiger partial charge in [0.2, 0.25) is 5.91 Å². The lowest BCUT2D eigenvalue weighted by atomic mass is 9.76. The van der Waals surface area contributed by atoms with Gasteiger partial charge in [-0.3, -0.25) is 14.5 Å². The van der Waals surface area contributed by atoms with E-state index in [9.17, 15) is 40.7 Å². The first-order valence-corrected chi connectivity index (χ1v) is 17.3. The summed E-state index contributed by atoms with van der Waals surface area (Å²) >= 11 is 0. The standard InChI is InChI=1S/C37H41F9N4O4/c1-48(2)15-12-21-8-11-28-26(18-21)30(36(41,42)43)29(31(51)49(28)3)25-10-9-23-22(6-5-7-24(23)25)19-27(32(52)54-4)47-33(53)34(37(44,45)46)13-16-50(17-14-34)20-35(38,39)40/h5-8,11,18,25,27H,9-10,12-17,19-20H2,1-4H3,(H,47,53)/t25-,27-/m0/s1. The van der Waals surface area contributed by atoms with Crippen LogP contribution in [0.4, 0.5) is 39.5 Å². The normalized spacial score (nSPS) is 18.5. The molecule has 296 valence electrons. The SMILES string of the molecule is COC(=O)[C@H](Cc1cccc2c1CC[C@@H]2c1c(C(F)(F)F)c2cc(CCN(C)C)ccc2n(C)c1=O)NC(=O)C1(C(F)(F)F)CCN(CC(F)(F)F)CC1. The quantitative estimate of drug-likeness (QED) is 0.197. The second-order valence-electron chi connectivity index (χ2n) is 14.4. The summed E-state index contributed by atoms with van der Waals surface area (Å²) in [5.41, 5.74) is -3.47. The Hall–Kier alpha value is -4.12. The minimum atomic E-state index is -5.17. The zero-order valence-corrected chi connectivity index (χ0v) is 30.1. The Morgan fingerprint density at radius 1 is 1.02 bits per heavy atom. The summed E-state index contributed by atoms with van der Waals surface area (Å²) in [6.07, 6.45) is -16.4. The van der Waals surface area contributed by atoms with Gasteiger partial charge in [0.25, 0.3) is 5.56 Å². The molecule has 1 fully saturated rings. The van der Waals surface area contributed by atoms with Crippen molar-refractivity contribution in [2.45, 2.75) is 69.0 Å². The van der Waals surface area contributed by atoms with Gasteiger partial charge < -0.3 is 19.5 Å². The molecule has 2 heterocycles. The van der Waals surface area contributed by atoms with Gasteiger partial charge >= 0.3 is 24.5 Å². The maximum atomic E-state index is 15.0. The lowest BCUT2D eigenvalue weighted by molar-refractivity contribution is -0.236. The van der Waals surface area contributed by atoms with Crippen LogP contribution >= 0.6 is 0 Å². The Bertz CT molecular complexity index is 1950. The Balaban J connectivity index is 1.50. The Labute approximate surface area is 305 Å². The molecule has 1 amide bonds. The van der Waals surface area contributed by atoms with Crippen molar-refractivity contribution in [3.63, 3.8) is 0 Å². The lowest BCUT2D eigenvalue weighted by Gasteiger charge is -2.42. The van der Waals surface area contributed by atoms with E-state index in [-0.39, 0.29) is 23.7 Å². The molecule has 1 N–H and O–H groups in total. The van der Waals surface area contributed by atoms with Crippen LogP contribution in [0.2, 0.25) is 0 Å². The largest absolute Gasteiger partial charge is 0.467 e. The van der Waals surface area contributed by atoms with E-state index in [0.29, 0.717) is 35.2 Å². The minimum absolute atomic E-state index is 0.0807. The summed E-state index contributed by atoms with van der Waals surface area (Å²) in [6, 6.07) is 7.54. The van der Waals surface area contributed by atoms with E-state index >= 15 is 13.2 Å². The zero-order chi connectivity index (χ0) is 40.0. The van der Waals surface area contributed by atoms with Crippen LogP contribution in [0, 0.1) is 5.41 Å². The van der Waals surface area contributed by atoms with Crippen LogP contribution in [0.15, 0.2) is 41.2 Å². The Morgan fingerprint density at radius 2 is 1.69 bits per heavy atom. The number of benzene rings is 2. The molecule has 17 heteroatoms. The van der Waals surface area contributed by atoms with Crippen molar-refractivity contribution in [3.8, 4) is 0 Å². The smallest absolute Gasteiger partial charge is 0.417 e. The molecular formula is C37H41F9N4O4. The molecule has 2 aliphatic rings. The molecule has 2 aromatic carbocycles. The number of aryl methyl sites for hydroxylation is 1. The third kappa shape index (κ3) is 8.26. The number of fused-ring (bicyclic) bond motifs is 2. The van der Waals surface area contributed by atoms with Gasteiger partial charge in [-0.25, -0.2) is 4.79 Å². The number of aromatic nitrogens is 1. The van der Waals surface area contributed by atoms with E-state index in [1.165, 1.54) is 35.9 Å². The predicted molar refractivity (Wildman–Crippen MR) is 181 cm³/mol. The van der Waals surface area contributed by atoms with Gasteiger partial charge in [-0.1, -0.05) is 24.3 Å². The average molecular weight is 777 g/mol. The van der Waals surface area contributed by atoms with Crippen LogP contribution in [0.3, 0.4) is 0 Å². The number of amides is 1. The highest BCUT2D eigenvalue weighted by Crippen LogP contribution is 2.48. The summed E-state index contributed by atoms with van der Waals surface area (Å²) in [7, 11) is 6.04. The first-order chi connectivity index (χ1) is 25.1. The molecule has 1 aliphatic heterocycles. The first kappa shape index (κ1) is 41.1. The van der Waals surface area contributed by atoms with E-state index in [1.54, 1.807) is 12.1 Å². The van der Waals surface area contributed by atoms with Crippen molar-refractivity contribution in [1.29, 1.82) is 0 Å². The molecule has 5 rings (SSSR count). The summed E-state index contributed by atoms with van der Waals surface area (Å²) in [6.45, 7) is -2.21. The number of piperidine rings is 1. The fourth-order valence-electron chi connectivity index (χ4n) is 7.81. The van der Waals surface area contributed by atoms with Crippen LogP contribution in [-0.2, 0) is 46.8 Å². The van der Waals surface area contributed by atoms with Crippen LogP contribution in [-0.4, -0.2) is 92.0 Å². The van der Waals surface area contributed by atoms with E-state index < -0.39 is 103 Å². The number of methoxy groups -OCH3 is 1. The third-order valence-corrected chi connectivity index (χ3v) is 10.6. The number of pyridine rings is 1. The molecule has 1 aromatic heterocycles. The van der Waals surface area contributed by atoms with Crippen molar-refractivity contribution in [1.82, 2.24) is 19.7 Å². The highest BCUT2D eigenvalue weighted by molar-refractivity contribution is 5.89. The maximum absolute atomic E-state index is 15.0. The third-order valence-electron chi connectivity index (χ3n) is 10.6. The molecule has 0 radical (unpaired) electrons. The van der Waals surface area contributed by atoms with Gasteiger partial charge in [0, 0.05) is 36.9 Å². The van der Waals surface area contributed by atoms with Crippen LogP contribution in [0.5, 0.6) is 0 Å². The molecule has 8 nitrogen and oxygen atoms in total. The van der Waals surface area contributed by atoms with Crippen molar-refractivity contribution >= 4 is 22.8 Å². The predicted octanol–water partition coefficient (Wildman–Crippen LogP) is 6.15. The van der Waals surface area contributed by atoms with E-state index in [4.69, 9.17) is 4.74 Å². The molecule has 2 atom stereocenters. The fourth-order valence-corrected chi connectivity index (χ4v) is 7.81. The molecule has 0 bridgehead atoms. The summed E-state index contributed by atoms with van der Waals surface area (Å²) < 4.78 is 133. The van der Waals surface area contributed by atoms with E-state index in [1.807, 2.05) is 19.0 Å². The number of likely N-dealkylation sites (N-methyl/N-ethyl adjacent to an activating group) is 1. The van der Waals surface area contributed by atoms with Crippen molar-refractivity contribution in [2.24, 2.45) is 12.5 Å². The molecule has 1 saturated heterocycles. The van der Waals surface area contributed by atoms with Crippen LogP contribution in [0.25, 0.3) is 10.9 Å². The molecular weight excluding hydrogens is 735 g/mol. The number of esters is 1. The minimum Gasteiger partial charge on any atom is -0.467 e. The highest BCUT2D eigenvalue weighted by Gasteiger charge is 2.61. The van der Waals surface area contributed by atoms with Crippen LogP contribution in [0.1, 0.15) is 58.6 Å². The van der Waals surface area contributed by atoms with E-state index in [2.05, 4.69) is 5.32 Å². The van der Waals surface area contributed by atoms with Gasteiger partial charge in [-0.2, -0.15) is 39.5 Å². The maximum Gasteiger partial charge on any atom is 0.417 e. The van der Waals surface area contributed by atoms with Crippen molar-refractivity contribution in [3.05, 3.63) is 80.1 Å². The molecule has 0 saturated carbocycles. The van der Waals surface area contributed by atoms with Gasteiger partial charge in [-0.15, -0.1) is 0 Å². The number of likely N-dealkylation sites (tertiary alicyclic amines) is 1. The van der Waals surface area contributed by atoms with E-state index in [0.717, 1.165) is 12.0 Å². The zero-order valence-electron chi connectivity index (χ0n) is 30.1. The number of carbonyl (C=O) groups is 2. The molecule has 3 aromatic rings.